The van der Waals surface area contributed by atoms with E-state index in [4.69, 9.17) is 0 Å². The number of hydrogen-bond acceptors (Lipinski definition) is 3. The fourth-order valence-corrected chi connectivity index (χ4v) is 4.97. The molecule has 1 heterocycles. The molecule has 0 saturated carbocycles. The number of carbonyl (C=O) groups excluding carboxylic acids is 1. The highest BCUT2D eigenvalue weighted by molar-refractivity contribution is 7.89. The molecule has 0 bridgehead atoms. The van der Waals surface area contributed by atoms with Gasteiger partial charge in [-0.25, -0.2) is 12.8 Å². The van der Waals surface area contributed by atoms with Crippen LogP contribution >= 0.6 is 0 Å². The summed E-state index contributed by atoms with van der Waals surface area (Å²) in [5, 5.41) is 2.52. The normalized spacial score (nSPS) is 18.3. The molecule has 1 aliphatic heterocycles. The van der Waals surface area contributed by atoms with E-state index in [2.05, 4.69) is 5.32 Å². The highest BCUT2D eigenvalue weighted by Crippen LogP contribution is 2.25. The smallest absolute Gasteiger partial charge is 0.255 e. The minimum absolute atomic E-state index is 0.0315. The second-order valence-electron chi connectivity index (χ2n) is 6.92. The summed E-state index contributed by atoms with van der Waals surface area (Å²) in [5.74, 6) is -1.01. The molecule has 1 atom stereocenters. The number of aryl methyl sites for hydroxylation is 1. The summed E-state index contributed by atoms with van der Waals surface area (Å²) >= 11 is 0. The average molecular weight is 390 g/mol. The van der Waals surface area contributed by atoms with E-state index in [1.165, 1.54) is 34.6 Å². The van der Waals surface area contributed by atoms with Crippen molar-refractivity contribution in [1.29, 1.82) is 0 Å². The Labute approximate surface area is 159 Å². The molecule has 1 saturated heterocycles. The number of hydrogen-bond donors (Lipinski definition) is 1. The van der Waals surface area contributed by atoms with Crippen LogP contribution in [0.4, 0.5) is 10.1 Å². The van der Waals surface area contributed by atoms with Crippen LogP contribution in [0, 0.1) is 12.7 Å². The van der Waals surface area contributed by atoms with Crippen molar-refractivity contribution in [3.05, 3.63) is 59.4 Å². The van der Waals surface area contributed by atoms with Crippen molar-refractivity contribution >= 4 is 21.6 Å². The molecule has 0 radical (unpaired) electrons. The maximum atomic E-state index is 13.8. The van der Waals surface area contributed by atoms with Crippen LogP contribution in [0.2, 0.25) is 0 Å². The number of benzene rings is 2. The summed E-state index contributed by atoms with van der Waals surface area (Å²) in [6.45, 7) is 4.23. The van der Waals surface area contributed by atoms with Gasteiger partial charge in [-0.3, -0.25) is 4.79 Å². The summed E-state index contributed by atoms with van der Waals surface area (Å²) in [7, 11) is -3.58. The second-order valence-corrected chi connectivity index (χ2v) is 8.81. The Kier molecular flexibility index (Phi) is 5.62. The van der Waals surface area contributed by atoms with Gasteiger partial charge in [0.05, 0.1) is 10.6 Å². The van der Waals surface area contributed by atoms with E-state index in [1.54, 1.807) is 19.1 Å². The molecule has 2 aromatic carbocycles. The highest BCUT2D eigenvalue weighted by Gasteiger charge is 2.30. The van der Waals surface area contributed by atoms with Crippen LogP contribution < -0.4 is 5.32 Å². The Bertz CT molecular complexity index is 942. The number of halogens is 1. The number of nitrogens with zero attached hydrogens (tertiary/aromatic N) is 1. The Balaban J connectivity index is 1.78. The summed E-state index contributed by atoms with van der Waals surface area (Å²) in [5.41, 5.74) is 1.18. The molecule has 1 fully saturated rings. The quantitative estimate of drug-likeness (QED) is 0.860. The minimum atomic E-state index is -3.58. The van der Waals surface area contributed by atoms with Gasteiger partial charge in [0, 0.05) is 18.2 Å². The van der Waals surface area contributed by atoms with E-state index in [0.717, 1.165) is 24.8 Å². The van der Waals surface area contributed by atoms with Crippen molar-refractivity contribution in [2.75, 3.05) is 11.9 Å². The predicted molar refractivity (Wildman–Crippen MR) is 103 cm³/mol. The first-order chi connectivity index (χ1) is 12.8. The Morgan fingerprint density at radius 3 is 2.52 bits per heavy atom. The molecule has 7 heteroatoms. The van der Waals surface area contributed by atoms with Crippen molar-refractivity contribution in [3.8, 4) is 0 Å². The van der Waals surface area contributed by atoms with Crippen LogP contribution in [0.15, 0.2) is 47.4 Å². The molecular formula is C20H23FN2O3S. The van der Waals surface area contributed by atoms with Gasteiger partial charge in [0.25, 0.3) is 5.91 Å². The fraction of sp³-hybridized carbons (Fsp3) is 0.350. The van der Waals surface area contributed by atoms with E-state index in [-0.39, 0.29) is 22.2 Å². The summed E-state index contributed by atoms with van der Waals surface area (Å²) < 4.78 is 41.0. The number of nitrogens with one attached hydrogen (secondary N) is 1. The summed E-state index contributed by atoms with van der Waals surface area (Å²) in [6.07, 6.45) is 2.73. The van der Waals surface area contributed by atoms with Gasteiger partial charge in [-0.05, 0) is 68.7 Å². The van der Waals surface area contributed by atoms with E-state index in [0.29, 0.717) is 6.54 Å². The van der Waals surface area contributed by atoms with Crippen molar-refractivity contribution in [1.82, 2.24) is 4.31 Å². The van der Waals surface area contributed by atoms with Gasteiger partial charge in [-0.15, -0.1) is 0 Å². The van der Waals surface area contributed by atoms with Crippen molar-refractivity contribution in [2.24, 2.45) is 0 Å². The number of rotatable bonds is 4. The van der Waals surface area contributed by atoms with Crippen LogP contribution in [0.5, 0.6) is 0 Å². The molecule has 0 spiro atoms. The van der Waals surface area contributed by atoms with Crippen LogP contribution in [-0.4, -0.2) is 31.2 Å². The monoisotopic (exact) mass is 390 g/mol. The van der Waals surface area contributed by atoms with Crippen LogP contribution in [0.25, 0.3) is 0 Å². The van der Waals surface area contributed by atoms with E-state index in [1.807, 2.05) is 6.92 Å². The van der Waals surface area contributed by atoms with Crippen LogP contribution in [0.3, 0.4) is 0 Å². The molecular weight excluding hydrogens is 367 g/mol. The zero-order valence-corrected chi connectivity index (χ0v) is 16.2. The molecule has 0 aliphatic carbocycles. The van der Waals surface area contributed by atoms with E-state index in [9.17, 15) is 17.6 Å². The standard InChI is InChI=1S/C20H23FN2O3S/c1-14-6-11-18(21)19(13-14)22-20(24)16-7-9-17(10-8-16)27(25,26)23-12-4-3-5-15(23)2/h6-11,13,15H,3-5,12H2,1-2H3,(H,22,24). The van der Waals surface area contributed by atoms with Gasteiger partial charge < -0.3 is 5.32 Å². The lowest BCUT2D eigenvalue weighted by Gasteiger charge is -2.32. The lowest BCUT2D eigenvalue weighted by Crippen LogP contribution is -2.41. The number of anilines is 1. The van der Waals surface area contributed by atoms with Crippen LogP contribution in [-0.2, 0) is 10.0 Å². The van der Waals surface area contributed by atoms with Gasteiger partial charge in [0.2, 0.25) is 10.0 Å². The first kappa shape index (κ1) is 19.5. The zero-order chi connectivity index (χ0) is 19.6. The SMILES string of the molecule is Cc1ccc(F)c(NC(=O)c2ccc(S(=O)(=O)N3CCCCC3C)cc2)c1. The highest BCUT2D eigenvalue weighted by atomic mass is 32.2. The first-order valence-electron chi connectivity index (χ1n) is 8.98. The van der Waals surface area contributed by atoms with E-state index < -0.39 is 21.7 Å². The molecule has 1 unspecified atom stereocenters. The lowest BCUT2D eigenvalue weighted by molar-refractivity contribution is 0.102. The number of piperidine rings is 1. The van der Waals surface area contributed by atoms with Gasteiger partial charge in [0.15, 0.2) is 0 Å². The predicted octanol–water partition coefficient (Wildman–Crippen LogP) is 3.95. The Morgan fingerprint density at radius 1 is 1.15 bits per heavy atom. The molecule has 5 nitrogen and oxygen atoms in total. The largest absolute Gasteiger partial charge is 0.319 e. The number of amides is 1. The number of sulfonamides is 1. The lowest BCUT2D eigenvalue weighted by atomic mass is 10.1. The number of carbonyl (C=O) groups is 1. The zero-order valence-electron chi connectivity index (χ0n) is 15.4. The third kappa shape index (κ3) is 4.20. The molecule has 2 aromatic rings. The second kappa shape index (κ2) is 7.78. The first-order valence-corrected chi connectivity index (χ1v) is 10.4. The third-order valence-corrected chi connectivity index (χ3v) is 6.86. The van der Waals surface area contributed by atoms with E-state index >= 15 is 0 Å². The van der Waals surface area contributed by atoms with Crippen molar-refractivity contribution in [2.45, 2.75) is 44.0 Å². The molecule has 27 heavy (non-hydrogen) atoms. The maximum Gasteiger partial charge on any atom is 0.255 e. The summed E-state index contributed by atoms with van der Waals surface area (Å²) in [6, 6.07) is 10.2. The summed E-state index contributed by atoms with van der Waals surface area (Å²) in [4.78, 5) is 12.5. The molecule has 1 amide bonds. The minimum Gasteiger partial charge on any atom is -0.319 e. The van der Waals surface area contributed by atoms with Gasteiger partial charge in [-0.1, -0.05) is 12.5 Å². The molecule has 144 valence electrons. The van der Waals surface area contributed by atoms with Crippen molar-refractivity contribution < 1.29 is 17.6 Å². The Morgan fingerprint density at radius 2 is 1.85 bits per heavy atom. The molecule has 3 rings (SSSR count). The molecule has 1 aliphatic rings. The van der Waals surface area contributed by atoms with Crippen molar-refractivity contribution in [3.63, 3.8) is 0 Å². The maximum absolute atomic E-state index is 13.8. The molecule has 0 aromatic heterocycles. The topological polar surface area (TPSA) is 66.5 Å². The Hall–Kier alpha value is -2.25. The van der Waals surface area contributed by atoms with Crippen LogP contribution in [0.1, 0.15) is 42.1 Å². The third-order valence-electron chi connectivity index (χ3n) is 4.84. The van der Waals surface area contributed by atoms with Gasteiger partial charge in [0.1, 0.15) is 5.82 Å². The fourth-order valence-electron chi connectivity index (χ4n) is 3.27. The average Bonchev–Trinajstić information content (AvgIpc) is 2.65. The van der Waals surface area contributed by atoms with Gasteiger partial charge >= 0.3 is 0 Å². The molecule has 1 N–H and O–H groups in total. The van der Waals surface area contributed by atoms with Gasteiger partial charge in [-0.2, -0.15) is 4.31 Å².